The Bertz CT molecular complexity index is 479. The van der Waals surface area contributed by atoms with Crippen LogP contribution in [0.3, 0.4) is 0 Å². The molecule has 0 bridgehead atoms. The molecule has 1 atom stereocenters. The molecule has 1 heterocycles. The Morgan fingerprint density at radius 1 is 1.19 bits per heavy atom. The van der Waals surface area contributed by atoms with Crippen LogP contribution in [0.1, 0.15) is 16.5 Å². The van der Waals surface area contributed by atoms with Gasteiger partial charge in [0.25, 0.3) is 0 Å². The van der Waals surface area contributed by atoms with Crippen LogP contribution in [0, 0.1) is 0 Å². The molecule has 4 heteroatoms. The molecule has 0 spiro atoms. The van der Waals surface area contributed by atoms with E-state index in [-0.39, 0.29) is 5.38 Å². The predicted molar refractivity (Wildman–Crippen MR) is 67.5 cm³/mol. The highest BCUT2D eigenvalue weighted by molar-refractivity contribution is 6.31. The molecule has 0 fully saturated rings. The van der Waals surface area contributed by atoms with Gasteiger partial charge < -0.3 is 4.42 Å². The zero-order valence-corrected chi connectivity index (χ0v) is 10.6. The monoisotopic (exact) mass is 274 g/mol. The lowest BCUT2D eigenvalue weighted by Crippen LogP contribution is -1.94. The highest BCUT2D eigenvalue weighted by atomic mass is 35.5. The van der Waals surface area contributed by atoms with Crippen molar-refractivity contribution < 1.29 is 4.42 Å². The fourth-order valence-electron chi connectivity index (χ4n) is 1.51. The maximum atomic E-state index is 6.25. The summed E-state index contributed by atoms with van der Waals surface area (Å²) in [6, 6.07) is 9.39. The molecule has 0 aliphatic carbocycles. The van der Waals surface area contributed by atoms with Crippen LogP contribution in [0.2, 0.25) is 10.2 Å². The van der Waals surface area contributed by atoms with Gasteiger partial charge in [0, 0.05) is 10.6 Å². The van der Waals surface area contributed by atoms with Crippen molar-refractivity contribution in [3.63, 3.8) is 0 Å². The van der Waals surface area contributed by atoms with Crippen molar-refractivity contribution in [2.75, 3.05) is 0 Å². The molecule has 1 unspecified atom stereocenters. The zero-order valence-electron chi connectivity index (χ0n) is 8.29. The quantitative estimate of drug-likeness (QED) is 0.710. The zero-order chi connectivity index (χ0) is 11.5. The van der Waals surface area contributed by atoms with Crippen molar-refractivity contribution in [2.45, 2.75) is 11.8 Å². The van der Waals surface area contributed by atoms with Crippen LogP contribution >= 0.6 is 34.8 Å². The average molecular weight is 276 g/mol. The highest BCUT2D eigenvalue weighted by Gasteiger charge is 2.14. The molecule has 0 aliphatic rings. The van der Waals surface area contributed by atoms with Gasteiger partial charge in [-0.1, -0.05) is 23.7 Å². The van der Waals surface area contributed by atoms with Gasteiger partial charge in [0.05, 0.1) is 11.6 Å². The fourth-order valence-corrected chi connectivity index (χ4v) is 2.37. The number of hydrogen-bond acceptors (Lipinski definition) is 1. The standard InChI is InChI=1S/C12H9Cl3O/c13-9-3-1-2-8(6-9)7-11(14)10-4-5-16-12(10)15/h1-6,11H,7H2. The number of alkyl halides is 1. The number of benzene rings is 1. The van der Waals surface area contributed by atoms with E-state index in [1.165, 1.54) is 6.26 Å². The van der Waals surface area contributed by atoms with E-state index in [1.54, 1.807) is 6.07 Å². The minimum absolute atomic E-state index is 0.204. The molecule has 0 radical (unpaired) electrons. The minimum Gasteiger partial charge on any atom is -0.453 e. The maximum Gasteiger partial charge on any atom is 0.197 e. The SMILES string of the molecule is Clc1cccc(CC(Cl)c2ccoc2Cl)c1. The van der Waals surface area contributed by atoms with Gasteiger partial charge in [-0.05, 0) is 41.8 Å². The second kappa shape index (κ2) is 5.13. The second-order valence-corrected chi connectivity index (χ2v) is 4.76. The van der Waals surface area contributed by atoms with Gasteiger partial charge in [-0.25, -0.2) is 0 Å². The lowest BCUT2D eigenvalue weighted by Gasteiger charge is -2.08. The average Bonchev–Trinajstić information content (AvgIpc) is 2.64. The Balaban J connectivity index is 2.14. The van der Waals surface area contributed by atoms with Gasteiger partial charge >= 0.3 is 0 Å². The normalized spacial score (nSPS) is 12.7. The Hall–Kier alpha value is -0.630. The Morgan fingerprint density at radius 3 is 2.62 bits per heavy atom. The summed E-state index contributed by atoms with van der Waals surface area (Å²) < 4.78 is 5.00. The van der Waals surface area contributed by atoms with Crippen LogP contribution in [0.25, 0.3) is 0 Å². The molecular formula is C12H9Cl3O. The smallest absolute Gasteiger partial charge is 0.197 e. The van der Waals surface area contributed by atoms with Crippen LogP contribution in [0.4, 0.5) is 0 Å². The van der Waals surface area contributed by atoms with E-state index in [4.69, 9.17) is 39.2 Å². The first-order chi connectivity index (χ1) is 7.66. The summed E-state index contributed by atoms with van der Waals surface area (Å²) in [6.45, 7) is 0. The number of hydrogen-bond donors (Lipinski definition) is 0. The van der Waals surface area contributed by atoms with Crippen molar-refractivity contribution in [1.82, 2.24) is 0 Å². The Labute approximate surface area is 109 Å². The highest BCUT2D eigenvalue weighted by Crippen LogP contribution is 2.31. The second-order valence-electron chi connectivity index (χ2n) is 3.45. The van der Waals surface area contributed by atoms with Crippen LogP contribution in [0.5, 0.6) is 0 Å². The summed E-state index contributed by atoms with van der Waals surface area (Å²) in [4.78, 5) is 0. The molecule has 0 saturated heterocycles. The molecule has 0 N–H and O–H groups in total. The molecule has 1 aromatic carbocycles. The van der Waals surface area contributed by atoms with E-state index < -0.39 is 0 Å². The van der Waals surface area contributed by atoms with Crippen LogP contribution in [0.15, 0.2) is 41.0 Å². The molecule has 0 amide bonds. The van der Waals surface area contributed by atoms with E-state index in [2.05, 4.69) is 0 Å². The van der Waals surface area contributed by atoms with E-state index in [0.29, 0.717) is 16.7 Å². The molecular weight excluding hydrogens is 266 g/mol. The fraction of sp³-hybridized carbons (Fsp3) is 0.167. The van der Waals surface area contributed by atoms with Gasteiger partial charge in [0.2, 0.25) is 0 Å². The van der Waals surface area contributed by atoms with Crippen molar-refractivity contribution in [1.29, 1.82) is 0 Å². The van der Waals surface area contributed by atoms with Gasteiger partial charge in [-0.15, -0.1) is 11.6 Å². The van der Waals surface area contributed by atoms with Gasteiger partial charge in [0.1, 0.15) is 0 Å². The molecule has 1 nitrogen and oxygen atoms in total. The first-order valence-electron chi connectivity index (χ1n) is 4.78. The first-order valence-corrected chi connectivity index (χ1v) is 5.97. The first kappa shape index (κ1) is 11.8. The third kappa shape index (κ3) is 2.73. The Kier molecular flexibility index (Phi) is 3.80. The molecule has 0 saturated carbocycles. The van der Waals surface area contributed by atoms with Gasteiger partial charge in [0.15, 0.2) is 5.22 Å². The summed E-state index contributed by atoms with van der Waals surface area (Å²) in [5, 5.41) is 0.853. The summed E-state index contributed by atoms with van der Waals surface area (Å²) in [6.07, 6.45) is 2.20. The van der Waals surface area contributed by atoms with E-state index in [0.717, 1.165) is 11.1 Å². The maximum absolute atomic E-state index is 6.25. The van der Waals surface area contributed by atoms with E-state index >= 15 is 0 Å². The molecule has 0 aliphatic heterocycles. The lowest BCUT2D eigenvalue weighted by molar-refractivity contribution is 0.565. The van der Waals surface area contributed by atoms with E-state index in [1.807, 2.05) is 24.3 Å². The Morgan fingerprint density at radius 2 is 2.00 bits per heavy atom. The van der Waals surface area contributed by atoms with Crippen molar-refractivity contribution >= 4 is 34.8 Å². The molecule has 2 rings (SSSR count). The summed E-state index contributed by atoms with van der Waals surface area (Å²) in [5.74, 6) is 0. The van der Waals surface area contributed by atoms with Crippen molar-refractivity contribution in [3.05, 3.63) is 58.0 Å². The molecule has 1 aromatic heterocycles. The predicted octanol–water partition coefficient (Wildman–Crippen LogP) is 5.11. The van der Waals surface area contributed by atoms with Gasteiger partial charge in [-0.3, -0.25) is 0 Å². The van der Waals surface area contributed by atoms with Crippen molar-refractivity contribution in [3.8, 4) is 0 Å². The van der Waals surface area contributed by atoms with Crippen molar-refractivity contribution in [2.24, 2.45) is 0 Å². The largest absolute Gasteiger partial charge is 0.453 e. The summed E-state index contributed by atoms with van der Waals surface area (Å²) >= 11 is 18.0. The van der Waals surface area contributed by atoms with E-state index in [9.17, 15) is 0 Å². The summed E-state index contributed by atoms with van der Waals surface area (Å²) in [5.41, 5.74) is 1.88. The number of halogens is 3. The summed E-state index contributed by atoms with van der Waals surface area (Å²) in [7, 11) is 0. The topological polar surface area (TPSA) is 13.1 Å². The lowest BCUT2D eigenvalue weighted by atomic mass is 10.1. The minimum atomic E-state index is -0.204. The molecule has 84 valence electrons. The van der Waals surface area contributed by atoms with Crippen LogP contribution in [-0.2, 0) is 6.42 Å². The van der Waals surface area contributed by atoms with Crippen LogP contribution in [-0.4, -0.2) is 0 Å². The molecule has 2 aromatic rings. The number of furan rings is 1. The molecule has 16 heavy (non-hydrogen) atoms. The third-order valence-electron chi connectivity index (χ3n) is 2.29. The third-order valence-corrected chi connectivity index (χ3v) is 3.22. The van der Waals surface area contributed by atoms with Crippen LogP contribution < -0.4 is 0 Å². The number of rotatable bonds is 3. The van der Waals surface area contributed by atoms with Gasteiger partial charge in [-0.2, -0.15) is 0 Å².